The summed E-state index contributed by atoms with van der Waals surface area (Å²) >= 11 is 0. The molecule has 0 radical (unpaired) electrons. The molecule has 1 aliphatic rings. The molecule has 3 N–H and O–H groups in total. The van der Waals surface area contributed by atoms with Crippen molar-refractivity contribution in [2.75, 3.05) is 5.32 Å². The molecule has 0 atom stereocenters. The van der Waals surface area contributed by atoms with E-state index in [1.165, 1.54) is 11.8 Å². The predicted octanol–water partition coefficient (Wildman–Crippen LogP) is 2.73. The lowest BCUT2D eigenvalue weighted by molar-refractivity contribution is 0.0949. The van der Waals surface area contributed by atoms with Gasteiger partial charge >= 0.3 is 6.03 Å². The molecule has 0 saturated heterocycles. The van der Waals surface area contributed by atoms with Crippen molar-refractivity contribution in [2.24, 2.45) is 0 Å². The normalized spacial score (nSPS) is 12.2. The van der Waals surface area contributed by atoms with Crippen LogP contribution in [-0.4, -0.2) is 38.7 Å². The number of carbonyl (C=O) groups is 4. The number of nitrogens with one attached hydrogen (secondary N) is 3. The van der Waals surface area contributed by atoms with Crippen molar-refractivity contribution in [3.05, 3.63) is 82.5 Å². The van der Waals surface area contributed by atoms with E-state index in [0.29, 0.717) is 33.8 Å². The van der Waals surface area contributed by atoms with Crippen molar-refractivity contribution < 1.29 is 19.2 Å². The van der Waals surface area contributed by atoms with Crippen molar-refractivity contribution in [3.8, 4) is 0 Å². The highest BCUT2D eigenvalue weighted by atomic mass is 16.2. The number of hydrogen-bond donors (Lipinski definition) is 3. The van der Waals surface area contributed by atoms with Crippen LogP contribution in [0, 0.1) is 0 Å². The van der Waals surface area contributed by atoms with Crippen LogP contribution in [0.15, 0.2) is 54.6 Å². The molecule has 0 saturated carbocycles. The average molecular weight is 417 g/mol. The number of hydrogen-bond acceptors (Lipinski definition) is 5. The number of nitrogens with zero attached hydrogens (tertiary/aromatic N) is 2. The van der Waals surface area contributed by atoms with E-state index in [0.717, 1.165) is 0 Å². The van der Waals surface area contributed by atoms with Gasteiger partial charge in [0.1, 0.15) is 0 Å². The SMILES string of the molecule is CC(=O)c1ccc(C(=O)Nc2n[nH]c3c2CN(C(=O)NC(=O)c2ccccc2)C3)cc1. The molecule has 9 nitrogen and oxygen atoms in total. The molecule has 1 aliphatic heterocycles. The van der Waals surface area contributed by atoms with Crippen molar-refractivity contribution in [1.29, 1.82) is 0 Å². The Balaban J connectivity index is 1.40. The highest BCUT2D eigenvalue weighted by Gasteiger charge is 2.30. The molecular formula is C22H19N5O4. The molecule has 9 heteroatoms. The van der Waals surface area contributed by atoms with Crippen molar-refractivity contribution in [1.82, 2.24) is 20.4 Å². The van der Waals surface area contributed by atoms with E-state index in [1.807, 2.05) is 0 Å². The summed E-state index contributed by atoms with van der Waals surface area (Å²) in [6.07, 6.45) is 0. The molecule has 0 bridgehead atoms. The van der Waals surface area contributed by atoms with E-state index in [-0.39, 0.29) is 24.8 Å². The number of rotatable bonds is 4. The zero-order valence-electron chi connectivity index (χ0n) is 16.6. The van der Waals surface area contributed by atoms with Crippen LogP contribution in [0.3, 0.4) is 0 Å². The Bertz CT molecular complexity index is 1170. The first-order chi connectivity index (χ1) is 14.9. The number of carbonyl (C=O) groups excluding carboxylic acids is 4. The number of ketones is 1. The molecule has 0 aliphatic carbocycles. The fraction of sp³-hybridized carbons (Fsp3) is 0.136. The maximum atomic E-state index is 12.5. The molecule has 0 spiro atoms. The van der Waals surface area contributed by atoms with Gasteiger partial charge < -0.3 is 10.2 Å². The summed E-state index contributed by atoms with van der Waals surface area (Å²) in [5, 5.41) is 12.0. The van der Waals surface area contributed by atoms with Crippen molar-refractivity contribution >= 4 is 29.4 Å². The number of fused-ring (bicyclic) bond motifs is 1. The highest BCUT2D eigenvalue weighted by molar-refractivity contribution is 6.06. The van der Waals surface area contributed by atoms with Crippen molar-refractivity contribution in [3.63, 3.8) is 0 Å². The van der Waals surface area contributed by atoms with Crippen LogP contribution in [0.5, 0.6) is 0 Å². The number of aromatic nitrogens is 2. The third kappa shape index (κ3) is 4.20. The van der Waals surface area contributed by atoms with Gasteiger partial charge in [-0.2, -0.15) is 5.10 Å². The Morgan fingerprint density at radius 1 is 0.871 bits per heavy atom. The van der Waals surface area contributed by atoms with Gasteiger partial charge in [0.2, 0.25) is 0 Å². The minimum Gasteiger partial charge on any atom is -0.314 e. The number of benzene rings is 2. The molecule has 0 fully saturated rings. The summed E-state index contributed by atoms with van der Waals surface area (Å²) in [4.78, 5) is 50.0. The zero-order chi connectivity index (χ0) is 22.0. The second-order valence-corrected chi connectivity index (χ2v) is 7.10. The number of amides is 4. The van der Waals surface area contributed by atoms with Crippen molar-refractivity contribution in [2.45, 2.75) is 20.0 Å². The van der Waals surface area contributed by atoms with E-state index < -0.39 is 11.9 Å². The number of H-pyrrole nitrogens is 1. The van der Waals surface area contributed by atoms with Crippen LogP contribution in [-0.2, 0) is 13.1 Å². The third-order valence-corrected chi connectivity index (χ3v) is 4.98. The van der Waals surface area contributed by atoms with E-state index in [4.69, 9.17) is 0 Å². The fourth-order valence-corrected chi connectivity index (χ4v) is 3.26. The molecule has 4 amide bonds. The Kier molecular flexibility index (Phi) is 5.31. The first-order valence-electron chi connectivity index (χ1n) is 9.56. The lowest BCUT2D eigenvalue weighted by atomic mass is 10.1. The summed E-state index contributed by atoms with van der Waals surface area (Å²) in [5.74, 6) is -0.630. The van der Waals surface area contributed by atoms with E-state index >= 15 is 0 Å². The van der Waals surface area contributed by atoms with Gasteiger partial charge in [0.15, 0.2) is 11.6 Å². The van der Waals surface area contributed by atoms with Gasteiger partial charge in [0, 0.05) is 22.3 Å². The Morgan fingerprint density at radius 2 is 1.52 bits per heavy atom. The number of Topliss-reactive ketones (excluding diaryl/α,β-unsaturated/α-hetero) is 1. The summed E-state index contributed by atoms with van der Waals surface area (Å²) in [7, 11) is 0. The molecule has 2 heterocycles. The molecular weight excluding hydrogens is 398 g/mol. The second-order valence-electron chi connectivity index (χ2n) is 7.10. The van der Waals surface area contributed by atoms with Crippen LogP contribution < -0.4 is 10.6 Å². The number of urea groups is 1. The minimum atomic E-state index is -0.532. The lowest BCUT2D eigenvalue weighted by Crippen LogP contribution is -2.40. The Labute approximate surface area is 177 Å². The smallest absolute Gasteiger partial charge is 0.314 e. The average Bonchev–Trinajstić information content (AvgIpc) is 3.36. The number of aromatic amines is 1. The monoisotopic (exact) mass is 417 g/mol. The predicted molar refractivity (Wildman–Crippen MR) is 112 cm³/mol. The van der Waals surface area contributed by atoms with Crippen LogP contribution in [0.4, 0.5) is 10.6 Å². The molecule has 4 rings (SSSR count). The second kappa shape index (κ2) is 8.23. The fourth-order valence-electron chi connectivity index (χ4n) is 3.26. The topological polar surface area (TPSA) is 124 Å². The highest BCUT2D eigenvalue weighted by Crippen LogP contribution is 2.27. The van der Waals surface area contributed by atoms with Gasteiger partial charge in [0.25, 0.3) is 11.8 Å². The summed E-state index contributed by atoms with van der Waals surface area (Å²) < 4.78 is 0. The van der Waals surface area contributed by atoms with Gasteiger partial charge in [-0.15, -0.1) is 0 Å². The largest absolute Gasteiger partial charge is 0.324 e. The van der Waals surface area contributed by atoms with E-state index in [2.05, 4.69) is 20.8 Å². The quantitative estimate of drug-likeness (QED) is 0.563. The molecule has 1 aromatic heterocycles. The van der Waals surface area contributed by atoms with Crippen LogP contribution in [0.25, 0.3) is 0 Å². The van der Waals surface area contributed by atoms with Gasteiger partial charge in [0.05, 0.1) is 18.8 Å². The third-order valence-electron chi connectivity index (χ3n) is 4.98. The van der Waals surface area contributed by atoms with E-state index in [1.54, 1.807) is 54.6 Å². The minimum absolute atomic E-state index is 0.0822. The summed E-state index contributed by atoms with van der Waals surface area (Å²) in [6.45, 7) is 1.88. The zero-order valence-corrected chi connectivity index (χ0v) is 16.6. The van der Waals surface area contributed by atoms with Gasteiger partial charge in [-0.25, -0.2) is 4.79 Å². The standard InChI is InChI=1S/C22H19N5O4/c1-13(28)14-7-9-16(10-8-14)20(29)23-19-17-11-27(12-18(17)25-26-19)22(31)24-21(30)15-5-3-2-4-6-15/h2-10H,11-12H2,1H3,(H,24,30,31)(H2,23,25,26,29). The molecule has 156 valence electrons. The first-order valence-corrected chi connectivity index (χ1v) is 9.56. The Morgan fingerprint density at radius 3 is 2.19 bits per heavy atom. The summed E-state index contributed by atoms with van der Waals surface area (Å²) in [5.41, 5.74) is 2.64. The van der Waals surface area contributed by atoms with Crippen LogP contribution >= 0.6 is 0 Å². The first kappa shape index (κ1) is 20.0. The van der Waals surface area contributed by atoms with Gasteiger partial charge in [-0.3, -0.25) is 24.8 Å². The van der Waals surface area contributed by atoms with Gasteiger partial charge in [-0.05, 0) is 31.2 Å². The lowest BCUT2D eigenvalue weighted by Gasteiger charge is -2.16. The molecule has 2 aromatic carbocycles. The molecule has 3 aromatic rings. The molecule has 31 heavy (non-hydrogen) atoms. The van der Waals surface area contributed by atoms with Crippen LogP contribution in [0.2, 0.25) is 0 Å². The number of anilines is 1. The number of imide groups is 1. The maximum Gasteiger partial charge on any atom is 0.324 e. The maximum absolute atomic E-state index is 12.5. The Hall–Kier alpha value is -4.27. The van der Waals surface area contributed by atoms with E-state index in [9.17, 15) is 19.2 Å². The van der Waals surface area contributed by atoms with Gasteiger partial charge in [-0.1, -0.05) is 30.3 Å². The summed E-state index contributed by atoms with van der Waals surface area (Å²) in [6, 6.07) is 14.2. The van der Waals surface area contributed by atoms with Crippen LogP contribution in [0.1, 0.15) is 49.3 Å². The molecule has 0 unspecified atom stereocenters.